The molecule has 142 valence electrons. The van der Waals surface area contributed by atoms with Crippen LogP contribution in [-0.4, -0.2) is 12.1 Å². The number of hydrogen-bond donors (Lipinski definition) is 1. The third kappa shape index (κ3) is 5.26. The number of halogens is 3. The average Bonchev–Trinajstić information content (AvgIpc) is 2.69. The molecular weight excluding hydrogens is 419 g/mol. The van der Waals surface area contributed by atoms with Gasteiger partial charge in [-0.2, -0.15) is 5.10 Å². The Kier molecular flexibility index (Phi) is 6.93. The first-order valence-electron chi connectivity index (χ1n) is 8.28. The maximum Gasteiger partial charge on any atom is 0.275 e. The van der Waals surface area contributed by atoms with E-state index in [9.17, 15) is 4.79 Å². The fourth-order valence-electron chi connectivity index (χ4n) is 2.37. The second-order valence-corrected chi connectivity index (χ2v) is 6.99. The molecule has 28 heavy (non-hydrogen) atoms. The summed E-state index contributed by atoms with van der Waals surface area (Å²) in [5, 5.41) is 5.55. The summed E-state index contributed by atoms with van der Waals surface area (Å²) >= 11 is 18.1. The van der Waals surface area contributed by atoms with Crippen molar-refractivity contribution < 1.29 is 9.53 Å². The number of ether oxygens (including phenoxy) is 1. The number of hydrazone groups is 1. The van der Waals surface area contributed by atoms with Gasteiger partial charge in [0.1, 0.15) is 12.4 Å². The largest absolute Gasteiger partial charge is 0.488 e. The fourth-order valence-corrected chi connectivity index (χ4v) is 3.02. The standard InChI is InChI=1S/C21H15Cl3N2O2/c22-16-10-9-15(19(24)11-16)13-28-20-8-4-2-6-17(20)21(27)26-25-12-14-5-1-3-7-18(14)23/h1-12H,13H2,(H,26,27)/b25-12-. The van der Waals surface area contributed by atoms with Gasteiger partial charge in [0.05, 0.1) is 11.8 Å². The summed E-state index contributed by atoms with van der Waals surface area (Å²) in [6.07, 6.45) is 1.48. The molecule has 0 saturated heterocycles. The van der Waals surface area contributed by atoms with Crippen LogP contribution in [0, 0.1) is 0 Å². The number of para-hydroxylation sites is 1. The van der Waals surface area contributed by atoms with E-state index in [0.29, 0.717) is 31.9 Å². The van der Waals surface area contributed by atoms with E-state index in [4.69, 9.17) is 39.5 Å². The number of rotatable bonds is 6. The van der Waals surface area contributed by atoms with E-state index in [0.717, 1.165) is 5.56 Å². The Labute approximate surface area is 177 Å². The number of nitrogens with one attached hydrogen (secondary N) is 1. The third-order valence-electron chi connectivity index (χ3n) is 3.80. The summed E-state index contributed by atoms with van der Waals surface area (Å²) in [4.78, 5) is 12.5. The first-order chi connectivity index (χ1) is 13.5. The highest BCUT2D eigenvalue weighted by Gasteiger charge is 2.12. The van der Waals surface area contributed by atoms with E-state index in [-0.39, 0.29) is 6.61 Å². The zero-order chi connectivity index (χ0) is 19.9. The molecular formula is C21H15Cl3N2O2. The third-order valence-corrected chi connectivity index (χ3v) is 4.74. The minimum Gasteiger partial charge on any atom is -0.488 e. The van der Waals surface area contributed by atoms with Crippen molar-refractivity contribution in [1.82, 2.24) is 5.43 Å². The Morgan fingerprint density at radius 2 is 1.71 bits per heavy atom. The Morgan fingerprint density at radius 3 is 2.50 bits per heavy atom. The Balaban J connectivity index is 1.69. The van der Waals surface area contributed by atoms with Crippen LogP contribution in [0.4, 0.5) is 0 Å². The lowest BCUT2D eigenvalue weighted by molar-refractivity contribution is 0.0950. The van der Waals surface area contributed by atoms with Crippen molar-refractivity contribution >= 4 is 46.9 Å². The molecule has 3 aromatic carbocycles. The van der Waals surface area contributed by atoms with Crippen molar-refractivity contribution in [2.45, 2.75) is 6.61 Å². The topological polar surface area (TPSA) is 50.7 Å². The number of nitrogens with zero attached hydrogens (tertiary/aromatic N) is 1. The summed E-state index contributed by atoms with van der Waals surface area (Å²) in [6.45, 7) is 0.198. The number of carbonyl (C=O) groups is 1. The lowest BCUT2D eigenvalue weighted by atomic mass is 10.2. The van der Waals surface area contributed by atoms with E-state index in [1.165, 1.54) is 6.21 Å². The van der Waals surface area contributed by atoms with Gasteiger partial charge >= 0.3 is 0 Å². The van der Waals surface area contributed by atoms with Crippen molar-refractivity contribution in [2.75, 3.05) is 0 Å². The Hall–Kier alpha value is -2.53. The van der Waals surface area contributed by atoms with Crippen LogP contribution in [0.5, 0.6) is 5.75 Å². The number of amides is 1. The smallest absolute Gasteiger partial charge is 0.275 e. The molecule has 0 atom stereocenters. The van der Waals surface area contributed by atoms with Crippen molar-refractivity contribution in [3.05, 3.63) is 98.5 Å². The molecule has 0 aliphatic rings. The highest BCUT2D eigenvalue weighted by atomic mass is 35.5. The van der Waals surface area contributed by atoms with E-state index in [2.05, 4.69) is 10.5 Å². The molecule has 0 bridgehead atoms. The first kappa shape index (κ1) is 20.2. The van der Waals surface area contributed by atoms with Gasteiger partial charge < -0.3 is 4.74 Å². The molecule has 3 rings (SSSR count). The van der Waals surface area contributed by atoms with Crippen LogP contribution in [0.3, 0.4) is 0 Å². The van der Waals surface area contributed by atoms with E-state index >= 15 is 0 Å². The summed E-state index contributed by atoms with van der Waals surface area (Å²) in [6, 6.07) is 19.2. The van der Waals surface area contributed by atoms with Crippen LogP contribution in [0.15, 0.2) is 71.8 Å². The first-order valence-corrected chi connectivity index (χ1v) is 9.41. The van der Waals surface area contributed by atoms with Gasteiger partial charge in [-0.1, -0.05) is 71.2 Å². The van der Waals surface area contributed by atoms with Crippen LogP contribution in [0.25, 0.3) is 0 Å². The van der Waals surface area contributed by atoms with Crippen LogP contribution in [0.2, 0.25) is 15.1 Å². The zero-order valence-electron chi connectivity index (χ0n) is 14.5. The summed E-state index contributed by atoms with van der Waals surface area (Å²) < 4.78 is 5.79. The summed E-state index contributed by atoms with van der Waals surface area (Å²) in [7, 11) is 0. The van der Waals surface area contributed by atoms with Crippen LogP contribution in [0.1, 0.15) is 21.5 Å². The highest BCUT2D eigenvalue weighted by Crippen LogP contribution is 2.24. The van der Waals surface area contributed by atoms with E-state index < -0.39 is 5.91 Å². The van der Waals surface area contributed by atoms with E-state index in [1.807, 2.05) is 12.1 Å². The monoisotopic (exact) mass is 432 g/mol. The van der Waals surface area contributed by atoms with Crippen LogP contribution in [-0.2, 0) is 6.61 Å². The SMILES string of the molecule is O=C(N/N=C\c1ccccc1Cl)c1ccccc1OCc1ccc(Cl)cc1Cl. The predicted octanol–water partition coefficient (Wildman–Crippen LogP) is 5.99. The molecule has 0 aliphatic carbocycles. The Bertz CT molecular complexity index is 1020. The second kappa shape index (κ2) is 9.60. The molecule has 1 N–H and O–H groups in total. The maximum absolute atomic E-state index is 12.5. The quantitative estimate of drug-likeness (QED) is 0.383. The molecule has 0 fully saturated rings. The van der Waals surface area contributed by atoms with Crippen LogP contribution >= 0.6 is 34.8 Å². The van der Waals surface area contributed by atoms with Gasteiger partial charge in [-0.15, -0.1) is 0 Å². The summed E-state index contributed by atoms with van der Waals surface area (Å²) in [5.41, 5.74) is 4.29. The minimum atomic E-state index is -0.402. The number of hydrogen-bond acceptors (Lipinski definition) is 3. The molecule has 4 nitrogen and oxygen atoms in total. The molecule has 0 saturated carbocycles. The highest BCUT2D eigenvalue weighted by molar-refractivity contribution is 6.35. The van der Waals surface area contributed by atoms with Gasteiger partial charge in [0.2, 0.25) is 0 Å². The molecule has 0 radical (unpaired) electrons. The fraction of sp³-hybridized carbons (Fsp3) is 0.0476. The molecule has 0 heterocycles. The molecule has 1 amide bonds. The van der Waals surface area contributed by atoms with Crippen molar-refractivity contribution in [2.24, 2.45) is 5.10 Å². The zero-order valence-corrected chi connectivity index (χ0v) is 16.8. The lowest BCUT2D eigenvalue weighted by Gasteiger charge is -2.11. The van der Waals surface area contributed by atoms with Gasteiger partial charge in [0.15, 0.2) is 0 Å². The van der Waals surface area contributed by atoms with Gasteiger partial charge in [0, 0.05) is 26.2 Å². The van der Waals surface area contributed by atoms with Gasteiger partial charge in [-0.25, -0.2) is 5.43 Å². The molecule has 0 spiro atoms. The number of benzene rings is 3. The lowest BCUT2D eigenvalue weighted by Crippen LogP contribution is -2.18. The summed E-state index contributed by atoms with van der Waals surface area (Å²) in [5.74, 6) is 0.0140. The molecule has 7 heteroatoms. The van der Waals surface area contributed by atoms with Gasteiger partial charge in [0.25, 0.3) is 5.91 Å². The van der Waals surface area contributed by atoms with Crippen molar-refractivity contribution in [3.63, 3.8) is 0 Å². The van der Waals surface area contributed by atoms with Crippen molar-refractivity contribution in [3.8, 4) is 5.75 Å². The van der Waals surface area contributed by atoms with Gasteiger partial charge in [-0.05, 0) is 30.3 Å². The molecule has 0 aliphatic heterocycles. The average molecular weight is 434 g/mol. The second-order valence-electron chi connectivity index (χ2n) is 5.74. The van der Waals surface area contributed by atoms with Gasteiger partial charge in [-0.3, -0.25) is 4.79 Å². The van der Waals surface area contributed by atoms with Crippen LogP contribution < -0.4 is 10.2 Å². The normalized spacial score (nSPS) is 10.8. The predicted molar refractivity (Wildman–Crippen MR) is 114 cm³/mol. The van der Waals surface area contributed by atoms with E-state index in [1.54, 1.807) is 54.6 Å². The Morgan fingerprint density at radius 1 is 0.964 bits per heavy atom. The minimum absolute atomic E-state index is 0.198. The molecule has 0 aromatic heterocycles. The number of carbonyl (C=O) groups excluding carboxylic acids is 1. The molecule has 3 aromatic rings. The van der Waals surface area contributed by atoms with Crippen molar-refractivity contribution in [1.29, 1.82) is 0 Å². The maximum atomic E-state index is 12.5. The molecule has 0 unspecified atom stereocenters.